The average molecular weight is 268 g/mol. The van der Waals surface area contributed by atoms with Crippen molar-refractivity contribution in [3.8, 4) is 11.5 Å². The van der Waals surface area contributed by atoms with Crippen LogP contribution in [0.1, 0.15) is 42.7 Å². The van der Waals surface area contributed by atoms with E-state index in [1.54, 1.807) is 24.3 Å². The van der Waals surface area contributed by atoms with Crippen molar-refractivity contribution < 1.29 is 10.2 Å². The standard InChI is InChI=1S/C18H20O2/c1-12-17(13-2-6-15(19)7-3-13)10-11-18(12)14-4-8-16(20)9-5-14/h2-9,12,17-20H,10-11H2,1H3. The molecule has 0 heterocycles. The lowest BCUT2D eigenvalue weighted by Crippen LogP contribution is -2.08. The van der Waals surface area contributed by atoms with Crippen molar-refractivity contribution in [2.45, 2.75) is 31.6 Å². The first-order valence-corrected chi connectivity index (χ1v) is 7.23. The van der Waals surface area contributed by atoms with E-state index in [0.29, 0.717) is 29.3 Å². The van der Waals surface area contributed by atoms with Crippen molar-refractivity contribution in [1.82, 2.24) is 0 Å². The molecular weight excluding hydrogens is 248 g/mol. The molecule has 0 spiro atoms. The molecule has 104 valence electrons. The van der Waals surface area contributed by atoms with Crippen molar-refractivity contribution >= 4 is 0 Å². The van der Waals surface area contributed by atoms with Crippen molar-refractivity contribution in [3.05, 3.63) is 59.7 Å². The number of hydrogen-bond acceptors (Lipinski definition) is 2. The van der Waals surface area contributed by atoms with Crippen molar-refractivity contribution in [2.75, 3.05) is 0 Å². The number of rotatable bonds is 2. The molecule has 1 aliphatic carbocycles. The zero-order chi connectivity index (χ0) is 14.1. The van der Waals surface area contributed by atoms with Crippen molar-refractivity contribution in [1.29, 1.82) is 0 Å². The van der Waals surface area contributed by atoms with Crippen LogP contribution in [-0.2, 0) is 0 Å². The van der Waals surface area contributed by atoms with Gasteiger partial charge in [0.1, 0.15) is 11.5 Å². The number of hydrogen-bond donors (Lipinski definition) is 2. The summed E-state index contributed by atoms with van der Waals surface area (Å²) in [6.07, 6.45) is 2.36. The summed E-state index contributed by atoms with van der Waals surface area (Å²) < 4.78 is 0. The van der Waals surface area contributed by atoms with Gasteiger partial charge in [-0.3, -0.25) is 0 Å². The third-order valence-corrected chi connectivity index (χ3v) is 4.70. The first kappa shape index (κ1) is 13.0. The van der Waals surface area contributed by atoms with Crippen LogP contribution in [0.25, 0.3) is 0 Å². The highest BCUT2D eigenvalue weighted by molar-refractivity contribution is 5.33. The first-order valence-electron chi connectivity index (χ1n) is 7.23. The predicted octanol–water partition coefficient (Wildman–Crippen LogP) is 4.40. The Morgan fingerprint density at radius 2 is 1.05 bits per heavy atom. The van der Waals surface area contributed by atoms with Gasteiger partial charge in [0, 0.05) is 0 Å². The summed E-state index contributed by atoms with van der Waals surface area (Å²) in [6.45, 7) is 2.31. The van der Waals surface area contributed by atoms with Gasteiger partial charge in [-0.05, 0) is 66.0 Å². The molecule has 2 N–H and O–H groups in total. The van der Waals surface area contributed by atoms with Crippen LogP contribution in [0.15, 0.2) is 48.5 Å². The van der Waals surface area contributed by atoms with Gasteiger partial charge in [0.05, 0.1) is 0 Å². The van der Waals surface area contributed by atoms with Crippen LogP contribution >= 0.6 is 0 Å². The second-order valence-electron chi connectivity index (χ2n) is 5.83. The maximum absolute atomic E-state index is 9.40. The van der Waals surface area contributed by atoms with E-state index < -0.39 is 0 Å². The smallest absolute Gasteiger partial charge is 0.115 e. The predicted molar refractivity (Wildman–Crippen MR) is 80.1 cm³/mol. The molecule has 2 heteroatoms. The lowest BCUT2D eigenvalue weighted by molar-refractivity contribution is 0.467. The maximum atomic E-state index is 9.40. The lowest BCUT2D eigenvalue weighted by atomic mass is 9.83. The van der Waals surface area contributed by atoms with Crippen molar-refractivity contribution in [2.24, 2.45) is 5.92 Å². The Hall–Kier alpha value is -1.96. The Morgan fingerprint density at radius 3 is 1.40 bits per heavy atom. The molecule has 2 unspecified atom stereocenters. The fourth-order valence-corrected chi connectivity index (χ4v) is 3.55. The van der Waals surface area contributed by atoms with E-state index in [1.165, 1.54) is 24.0 Å². The molecule has 2 nitrogen and oxygen atoms in total. The van der Waals surface area contributed by atoms with E-state index in [1.807, 2.05) is 24.3 Å². The molecule has 0 aliphatic heterocycles. The second kappa shape index (κ2) is 5.20. The van der Waals surface area contributed by atoms with Gasteiger partial charge in [-0.2, -0.15) is 0 Å². The minimum absolute atomic E-state index is 0.328. The van der Waals surface area contributed by atoms with Gasteiger partial charge in [0.25, 0.3) is 0 Å². The first-order chi connectivity index (χ1) is 9.65. The van der Waals surface area contributed by atoms with Crippen LogP contribution < -0.4 is 0 Å². The summed E-state index contributed by atoms with van der Waals surface area (Å²) in [5.41, 5.74) is 2.63. The molecule has 3 rings (SSSR count). The van der Waals surface area contributed by atoms with Crippen molar-refractivity contribution in [3.63, 3.8) is 0 Å². The summed E-state index contributed by atoms with van der Waals surface area (Å²) >= 11 is 0. The van der Waals surface area contributed by atoms with E-state index in [2.05, 4.69) is 6.92 Å². The Balaban J connectivity index is 1.81. The molecule has 0 amide bonds. The van der Waals surface area contributed by atoms with Crippen LogP contribution in [0.2, 0.25) is 0 Å². The van der Waals surface area contributed by atoms with Gasteiger partial charge in [-0.15, -0.1) is 0 Å². The summed E-state index contributed by atoms with van der Waals surface area (Å²) in [5.74, 6) is 2.33. The van der Waals surface area contributed by atoms with Crippen LogP contribution in [-0.4, -0.2) is 10.2 Å². The van der Waals surface area contributed by atoms with E-state index in [9.17, 15) is 10.2 Å². The Labute approximate surface area is 119 Å². The minimum atomic E-state index is 0.328. The number of phenolic OH excluding ortho intramolecular Hbond substituents is 2. The SMILES string of the molecule is CC1C(c2ccc(O)cc2)CCC1c1ccc(O)cc1. The quantitative estimate of drug-likeness (QED) is 0.847. The summed E-state index contributed by atoms with van der Waals surface area (Å²) in [6, 6.07) is 15.2. The molecule has 1 aliphatic rings. The topological polar surface area (TPSA) is 40.5 Å². The molecule has 2 aromatic carbocycles. The van der Waals surface area contributed by atoms with Gasteiger partial charge in [0.2, 0.25) is 0 Å². The fraction of sp³-hybridized carbons (Fsp3) is 0.333. The molecule has 20 heavy (non-hydrogen) atoms. The molecule has 0 bridgehead atoms. The number of phenols is 2. The van der Waals surface area contributed by atoms with E-state index in [4.69, 9.17) is 0 Å². The Morgan fingerprint density at radius 1 is 0.700 bits per heavy atom. The zero-order valence-corrected chi connectivity index (χ0v) is 11.7. The Kier molecular flexibility index (Phi) is 3.39. The van der Waals surface area contributed by atoms with E-state index in [-0.39, 0.29) is 0 Å². The third kappa shape index (κ3) is 2.38. The van der Waals surface area contributed by atoms with Gasteiger partial charge in [-0.1, -0.05) is 31.2 Å². The molecule has 2 atom stereocenters. The van der Waals surface area contributed by atoms with Gasteiger partial charge >= 0.3 is 0 Å². The number of aromatic hydroxyl groups is 2. The second-order valence-corrected chi connectivity index (χ2v) is 5.83. The van der Waals surface area contributed by atoms with Crippen LogP contribution in [0.4, 0.5) is 0 Å². The molecule has 1 saturated carbocycles. The highest BCUT2D eigenvalue weighted by Crippen LogP contribution is 2.48. The fourth-order valence-electron chi connectivity index (χ4n) is 3.55. The van der Waals surface area contributed by atoms with Gasteiger partial charge in [-0.25, -0.2) is 0 Å². The zero-order valence-electron chi connectivity index (χ0n) is 11.7. The average Bonchev–Trinajstić information content (AvgIpc) is 2.83. The summed E-state index contributed by atoms with van der Waals surface area (Å²) in [7, 11) is 0. The summed E-state index contributed by atoms with van der Waals surface area (Å²) in [4.78, 5) is 0. The maximum Gasteiger partial charge on any atom is 0.115 e. The van der Waals surface area contributed by atoms with Crippen LogP contribution in [0.3, 0.4) is 0 Å². The number of benzene rings is 2. The molecule has 2 aromatic rings. The largest absolute Gasteiger partial charge is 0.508 e. The van der Waals surface area contributed by atoms with E-state index in [0.717, 1.165) is 0 Å². The molecule has 0 saturated heterocycles. The molecule has 1 fully saturated rings. The monoisotopic (exact) mass is 268 g/mol. The molecule has 0 radical (unpaired) electrons. The normalized spacial score (nSPS) is 25.8. The van der Waals surface area contributed by atoms with Gasteiger partial charge in [0.15, 0.2) is 0 Å². The lowest BCUT2D eigenvalue weighted by Gasteiger charge is -2.21. The van der Waals surface area contributed by atoms with E-state index >= 15 is 0 Å². The molecule has 0 aromatic heterocycles. The van der Waals surface area contributed by atoms with Crippen LogP contribution in [0, 0.1) is 5.92 Å². The van der Waals surface area contributed by atoms with Gasteiger partial charge < -0.3 is 10.2 Å². The summed E-state index contributed by atoms with van der Waals surface area (Å²) in [5, 5.41) is 18.8. The highest BCUT2D eigenvalue weighted by atomic mass is 16.3. The van der Waals surface area contributed by atoms with Crippen LogP contribution in [0.5, 0.6) is 11.5 Å². The minimum Gasteiger partial charge on any atom is -0.508 e. The molecular formula is C18H20O2. The Bertz CT molecular complexity index is 518. The highest BCUT2D eigenvalue weighted by Gasteiger charge is 2.34. The third-order valence-electron chi connectivity index (χ3n) is 4.70.